The zero-order chi connectivity index (χ0) is 13.4. The van der Waals surface area contributed by atoms with Gasteiger partial charge >= 0.3 is 0 Å². The molecule has 0 aliphatic heterocycles. The molecule has 3 heteroatoms. The van der Waals surface area contributed by atoms with E-state index in [4.69, 9.17) is 22.7 Å². The van der Waals surface area contributed by atoms with Crippen LogP contribution in [0.15, 0.2) is 24.3 Å². The van der Waals surface area contributed by atoms with Gasteiger partial charge in [0.2, 0.25) is 0 Å². The van der Waals surface area contributed by atoms with E-state index in [-0.39, 0.29) is 0 Å². The van der Waals surface area contributed by atoms with Gasteiger partial charge in [0.05, 0.1) is 12.2 Å². The van der Waals surface area contributed by atoms with Crippen molar-refractivity contribution < 1.29 is 4.74 Å². The summed E-state index contributed by atoms with van der Waals surface area (Å²) in [7, 11) is 0. The minimum Gasteiger partial charge on any atom is -0.493 e. The quantitative estimate of drug-likeness (QED) is 0.724. The van der Waals surface area contributed by atoms with E-state index in [0.717, 1.165) is 24.3 Å². The van der Waals surface area contributed by atoms with Crippen LogP contribution in [0.25, 0.3) is 0 Å². The van der Waals surface area contributed by atoms with E-state index in [1.165, 1.54) is 19.3 Å². The molecule has 0 saturated heterocycles. The predicted octanol–water partition coefficient (Wildman–Crippen LogP) is 3.92. The number of benzene rings is 1. The normalized spacial score (nSPS) is 12.1. The van der Waals surface area contributed by atoms with Gasteiger partial charge in [-0.05, 0) is 24.5 Å². The van der Waals surface area contributed by atoms with E-state index in [2.05, 4.69) is 13.8 Å². The number of hydrogen-bond donors (Lipinski definition) is 1. The average molecular weight is 265 g/mol. The Bertz CT molecular complexity index is 379. The van der Waals surface area contributed by atoms with Crippen molar-refractivity contribution in [3.63, 3.8) is 0 Å². The minimum atomic E-state index is 0.396. The fourth-order valence-corrected chi connectivity index (χ4v) is 2.07. The van der Waals surface area contributed by atoms with Gasteiger partial charge in [0.15, 0.2) is 0 Å². The maximum atomic E-state index is 5.88. The first-order valence-corrected chi connectivity index (χ1v) is 7.11. The molecule has 1 rings (SSSR count). The molecule has 0 aliphatic rings. The SMILES string of the molecule is CCCCC(CC)COc1ccccc1C(N)=S. The second-order valence-electron chi connectivity index (χ2n) is 4.59. The lowest BCUT2D eigenvalue weighted by Crippen LogP contribution is -2.15. The zero-order valence-corrected chi connectivity index (χ0v) is 12.1. The lowest BCUT2D eigenvalue weighted by Gasteiger charge is -2.17. The van der Waals surface area contributed by atoms with Crippen LogP contribution in [-0.2, 0) is 0 Å². The van der Waals surface area contributed by atoms with Gasteiger partial charge < -0.3 is 10.5 Å². The minimum absolute atomic E-state index is 0.396. The first-order valence-electron chi connectivity index (χ1n) is 6.70. The number of unbranched alkanes of at least 4 members (excludes halogenated alkanes) is 1. The summed E-state index contributed by atoms with van der Waals surface area (Å²) in [5.41, 5.74) is 6.52. The summed E-state index contributed by atoms with van der Waals surface area (Å²) in [4.78, 5) is 0.396. The van der Waals surface area contributed by atoms with Crippen LogP contribution in [0.1, 0.15) is 45.1 Å². The van der Waals surface area contributed by atoms with Gasteiger partial charge in [0.1, 0.15) is 10.7 Å². The molecule has 2 N–H and O–H groups in total. The standard InChI is InChI=1S/C15H23NOS/c1-3-5-8-12(4-2)11-17-14-10-7-6-9-13(14)15(16)18/h6-7,9-10,12H,3-5,8,11H2,1-2H3,(H2,16,18). The van der Waals surface area contributed by atoms with Crippen molar-refractivity contribution in [1.82, 2.24) is 0 Å². The van der Waals surface area contributed by atoms with Gasteiger partial charge in [-0.3, -0.25) is 0 Å². The van der Waals surface area contributed by atoms with Crippen LogP contribution in [-0.4, -0.2) is 11.6 Å². The van der Waals surface area contributed by atoms with E-state index in [1.807, 2.05) is 24.3 Å². The molecule has 18 heavy (non-hydrogen) atoms. The van der Waals surface area contributed by atoms with E-state index in [9.17, 15) is 0 Å². The lowest BCUT2D eigenvalue weighted by molar-refractivity contribution is 0.233. The first-order chi connectivity index (χ1) is 8.69. The molecule has 100 valence electrons. The molecule has 0 aliphatic carbocycles. The highest BCUT2D eigenvalue weighted by atomic mass is 32.1. The molecule has 0 spiro atoms. The Kier molecular flexibility index (Phi) is 6.73. The van der Waals surface area contributed by atoms with Crippen molar-refractivity contribution in [3.05, 3.63) is 29.8 Å². The number of rotatable bonds is 8. The molecular weight excluding hydrogens is 242 g/mol. The van der Waals surface area contributed by atoms with Gasteiger partial charge in [0.25, 0.3) is 0 Å². The van der Waals surface area contributed by atoms with Crippen molar-refractivity contribution in [2.24, 2.45) is 11.7 Å². The van der Waals surface area contributed by atoms with Gasteiger partial charge in [-0.1, -0.05) is 57.5 Å². The summed E-state index contributed by atoms with van der Waals surface area (Å²) in [5.74, 6) is 1.42. The van der Waals surface area contributed by atoms with Crippen LogP contribution < -0.4 is 10.5 Å². The molecule has 0 bridgehead atoms. The predicted molar refractivity (Wildman–Crippen MR) is 81.1 cm³/mol. The summed E-state index contributed by atoms with van der Waals surface area (Å²) >= 11 is 5.03. The van der Waals surface area contributed by atoms with Gasteiger partial charge in [0, 0.05) is 0 Å². The Labute approximate surface area is 116 Å². The summed E-state index contributed by atoms with van der Waals surface area (Å²) in [6.07, 6.45) is 4.87. The maximum absolute atomic E-state index is 5.88. The van der Waals surface area contributed by atoms with Crippen LogP contribution in [0.5, 0.6) is 5.75 Å². The second kappa shape index (κ2) is 8.09. The smallest absolute Gasteiger partial charge is 0.129 e. The number of nitrogens with two attached hydrogens (primary N) is 1. The van der Waals surface area contributed by atoms with Crippen LogP contribution in [0.4, 0.5) is 0 Å². The Balaban J connectivity index is 2.59. The third kappa shape index (κ3) is 4.65. The average Bonchev–Trinajstić information content (AvgIpc) is 2.39. The summed E-state index contributed by atoms with van der Waals surface area (Å²) in [6.45, 7) is 5.18. The Morgan fingerprint density at radius 2 is 2.06 bits per heavy atom. The summed E-state index contributed by atoms with van der Waals surface area (Å²) in [5, 5.41) is 0. The van der Waals surface area contributed by atoms with E-state index >= 15 is 0 Å². The maximum Gasteiger partial charge on any atom is 0.129 e. The molecular formula is C15H23NOS. The van der Waals surface area contributed by atoms with Crippen LogP contribution in [0.3, 0.4) is 0 Å². The van der Waals surface area contributed by atoms with Crippen LogP contribution in [0, 0.1) is 5.92 Å². The largest absolute Gasteiger partial charge is 0.493 e. The third-order valence-corrected chi connectivity index (χ3v) is 3.39. The highest BCUT2D eigenvalue weighted by molar-refractivity contribution is 7.80. The van der Waals surface area contributed by atoms with E-state index in [0.29, 0.717) is 10.9 Å². The van der Waals surface area contributed by atoms with Crippen LogP contribution >= 0.6 is 12.2 Å². The van der Waals surface area contributed by atoms with Crippen molar-refractivity contribution in [3.8, 4) is 5.75 Å². The van der Waals surface area contributed by atoms with Crippen molar-refractivity contribution in [1.29, 1.82) is 0 Å². The van der Waals surface area contributed by atoms with Crippen molar-refractivity contribution >= 4 is 17.2 Å². The lowest BCUT2D eigenvalue weighted by atomic mass is 10.0. The molecule has 0 heterocycles. The highest BCUT2D eigenvalue weighted by Gasteiger charge is 2.10. The number of hydrogen-bond acceptors (Lipinski definition) is 2. The monoisotopic (exact) mass is 265 g/mol. The fourth-order valence-electron chi connectivity index (χ4n) is 1.90. The number of thiocarbonyl (C=S) groups is 1. The van der Waals surface area contributed by atoms with E-state index in [1.54, 1.807) is 0 Å². The van der Waals surface area contributed by atoms with Crippen LogP contribution in [0.2, 0.25) is 0 Å². The number of para-hydroxylation sites is 1. The molecule has 0 aromatic heterocycles. The first kappa shape index (κ1) is 15.0. The van der Waals surface area contributed by atoms with Gasteiger partial charge in [-0.2, -0.15) is 0 Å². The molecule has 2 nitrogen and oxygen atoms in total. The zero-order valence-electron chi connectivity index (χ0n) is 11.3. The Hall–Kier alpha value is -1.09. The molecule has 0 radical (unpaired) electrons. The summed E-state index contributed by atoms with van der Waals surface area (Å²) in [6, 6.07) is 7.71. The summed E-state index contributed by atoms with van der Waals surface area (Å²) < 4.78 is 5.88. The van der Waals surface area contributed by atoms with Crippen molar-refractivity contribution in [2.45, 2.75) is 39.5 Å². The Morgan fingerprint density at radius 3 is 2.67 bits per heavy atom. The van der Waals surface area contributed by atoms with Gasteiger partial charge in [-0.25, -0.2) is 0 Å². The highest BCUT2D eigenvalue weighted by Crippen LogP contribution is 2.20. The molecule has 1 atom stereocenters. The molecule has 1 aromatic carbocycles. The molecule has 0 amide bonds. The molecule has 1 aromatic rings. The second-order valence-corrected chi connectivity index (χ2v) is 5.03. The Morgan fingerprint density at radius 1 is 1.33 bits per heavy atom. The molecule has 0 saturated carbocycles. The number of ether oxygens (including phenoxy) is 1. The molecule has 1 unspecified atom stereocenters. The fraction of sp³-hybridized carbons (Fsp3) is 0.533. The van der Waals surface area contributed by atoms with E-state index < -0.39 is 0 Å². The topological polar surface area (TPSA) is 35.2 Å². The van der Waals surface area contributed by atoms with Gasteiger partial charge in [-0.15, -0.1) is 0 Å². The third-order valence-electron chi connectivity index (χ3n) is 3.17. The van der Waals surface area contributed by atoms with Crippen molar-refractivity contribution in [2.75, 3.05) is 6.61 Å². The molecule has 0 fully saturated rings.